The van der Waals surface area contributed by atoms with Crippen molar-refractivity contribution >= 4 is 27.7 Å². The molecule has 1 heterocycles. The molecule has 0 saturated carbocycles. The number of nitrogens with two attached hydrogens (primary N) is 1. The van der Waals surface area contributed by atoms with E-state index in [1.165, 1.54) is 11.1 Å². The van der Waals surface area contributed by atoms with Crippen LogP contribution in [0.3, 0.4) is 0 Å². The molecule has 4 nitrogen and oxygen atoms in total. The van der Waals surface area contributed by atoms with E-state index in [4.69, 9.17) is 5.73 Å². The maximum atomic E-state index is 5.64. The van der Waals surface area contributed by atoms with E-state index in [-0.39, 0.29) is 0 Å². The van der Waals surface area contributed by atoms with Gasteiger partial charge in [-0.2, -0.15) is 4.98 Å². The van der Waals surface area contributed by atoms with Crippen molar-refractivity contribution in [1.82, 2.24) is 9.97 Å². The molecular weight excluding hydrogens is 292 g/mol. The molecule has 0 bridgehead atoms. The van der Waals surface area contributed by atoms with Crippen LogP contribution in [0.5, 0.6) is 0 Å². The molecule has 18 heavy (non-hydrogen) atoms. The molecule has 0 aliphatic rings. The van der Waals surface area contributed by atoms with Crippen molar-refractivity contribution in [3.05, 3.63) is 46.1 Å². The molecule has 5 heteroatoms. The van der Waals surface area contributed by atoms with Gasteiger partial charge in [0.05, 0.1) is 0 Å². The zero-order chi connectivity index (χ0) is 13.0. The van der Waals surface area contributed by atoms with Crippen molar-refractivity contribution in [2.75, 3.05) is 17.6 Å². The number of anilines is 2. The molecule has 0 amide bonds. The quantitative estimate of drug-likeness (QED) is 0.853. The minimum atomic E-state index is 0.454. The van der Waals surface area contributed by atoms with Crippen molar-refractivity contribution in [2.24, 2.45) is 0 Å². The Morgan fingerprint density at radius 1 is 1.28 bits per heavy atom. The summed E-state index contributed by atoms with van der Waals surface area (Å²) in [5.74, 6) is 1.00. The summed E-state index contributed by atoms with van der Waals surface area (Å²) in [7, 11) is 0. The number of nitrogens with zero attached hydrogens (tertiary/aromatic N) is 2. The van der Waals surface area contributed by atoms with E-state index in [9.17, 15) is 0 Å². The van der Waals surface area contributed by atoms with Crippen LogP contribution in [0, 0.1) is 6.92 Å². The Balaban J connectivity index is 1.92. The molecule has 0 radical (unpaired) electrons. The predicted molar refractivity (Wildman–Crippen MR) is 77.5 cm³/mol. The Morgan fingerprint density at radius 3 is 2.83 bits per heavy atom. The molecule has 0 spiro atoms. The highest BCUT2D eigenvalue weighted by atomic mass is 79.9. The van der Waals surface area contributed by atoms with Gasteiger partial charge in [0.15, 0.2) is 0 Å². The lowest BCUT2D eigenvalue weighted by Crippen LogP contribution is -2.09. The zero-order valence-corrected chi connectivity index (χ0v) is 11.7. The lowest BCUT2D eigenvalue weighted by molar-refractivity contribution is 0.980. The van der Waals surface area contributed by atoms with Crippen molar-refractivity contribution in [1.29, 1.82) is 0 Å². The average molecular weight is 307 g/mol. The lowest BCUT2D eigenvalue weighted by Gasteiger charge is -2.06. The normalized spacial score (nSPS) is 10.3. The molecule has 3 N–H and O–H groups in total. The zero-order valence-electron chi connectivity index (χ0n) is 10.2. The molecule has 0 saturated heterocycles. The predicted octanol–water partition coefficient (Wildman–Crippen LogP) is 2.78. The molecule has 2 rings (SSSR count). The van der Waals surface area contributed by atoms with Gasteiger partial charge in [0.25, 0.3) is 0 Å². The summed E-state index contributed by atoms with van der Waals surface area (Å²) in [6.07, 6.45) is 0.928. The van der Waals surface area contributed by atoms with Crippen molar-refractivity contribution in [2.45, 2.75) is 13.3 Å². The second-order valence-corrected chi connectivity index (χ2v) is 4.92. The fraction of sp³-hybridized carbons (Fsp3) is 0.231. The Labute approximate surface area is 115 Å². The van der Waals surface area contributed by atoms with Gasteiger partial charge < -0.3 is 11.1 Å². The highest BCUT2D eigenvalue weighted by Crippen LogP contribution is 2.12. The Hall–Kier alpha value is -1.62. The van der Waals surface area contributed by atoms with Gasteiger partial charge in [-0.3, -0.25) is 0 Å². The number of rotatable bonds is 4. The third-order valence-electron chi connectivity index (χ3n) is 2.49. The van der Waals surface area contributed by atoms with Gasteiger partial charge >= 0.3 is 0 Å². The first kappa shape index (κ1) is 12.8. The van der Waals surface area contributed by atoms with E-state index in [1.807, 2.05) is 0 Å². The number of hydrogen-bond acceptors (Lipinski definition) is 4. The Morgan fingerprint density at radius 2 is 2.11 bits per heavy atom. The molecule has 94 valence electrons. The molecule has 1 aromatic heterocycles. The molecule has 0 atom stereocenters. The van der Waals surface area contributed by atoms with Crippen molar-refractivity contribution in [3.8, 4) is 0 Å². The van der Waals surface area contributed by atoms with E-state index in [2.05, 4.69) is 62.4 Å². The summed E-state index contributed by atoms with van der Waals surface area (Å²) >= 11 is 3.29. The van der Waals surface area contributed by atoms with Gasteiger partial charge in [0.1, 0.15) is 10.4 Å². The van der Waals surface area contributed by atoms with Gasteiger partial charge in [-0.1, -0.05) is 29.8 Å². The first-order valence-electron chi connectivity index (χ1n) is 5.73. The number of benzene rings is 1. The molecule has 0 unspecified atom stereocenters. The van der Waals surface area contributed by atoms with E-state index in [0.717, 1.165) is 13.0 Å². The van der Waals surface area contributed by atoms with Crippen LogP contribution < -0.4 is 11.1 Å². The number of hydrogen-bond donors (Lipinski definition) is 2. The van der Waals surface area contributed by atoms with Gasteiger partial charge in [-0.15, -0.1) is 0 Å². The van der Waals surface area contributed by atoms with Crippen molar-refractivity contribution in [3.63, 3.8) is 0 Å². The molecule has 0 aliphatic carbocycles. The van der Waals surface area contributed by atoms with Gasteiger partial charge in [-0.05, 0) is 34.8 Å². The topological polar surface area (TPSA) is 63.8 Å². The van der Waals surface area contributed by atoms with Crippen LogP contribution in [-0.4, -0.2) is 16.5 Å². The van der Waals surface area contributed by atoms with E-state index in [1.54, 1.807) is 6.07 Å². The first-order chi connectivity index (χ1) is 8.63. The maximum Gasteiger partial charge on any atom is 0.225 e. The molecular formula is C13H15BrN4. The average Bonchev–Trinajstić information content (AvgIpc) is 2.27. The van der Waals surface area contributed by atoms with Crippen molar-refractivity contribution < 1.29 is 0 Å². The van der Waals surface area contributed by atoms with Crippen LogP contribution in [0.4, 0.5) is 11.8 Å². The Bertz CT molecular complexity index is 522. The second kappa shape index (κ2) is 5.82. The molecule has 0 aliphatic heterocycles. The van der Waals surface area contributed by atoms with Crippen LogP contribution in [0.2, 0.25) is 0 Å². The minimum Gasteiger partial charge on any atom is -0.383 e. The summed E-state index contributed by atoms with van der Waals surface area (Å²) in [4.78, 5) is 8.31. The summed E-state index contributed by atoms with van der Waals surface area (Å²) in [6.45, 7) is 2.87. The summed E-state index contributed by atoms with van der Waals surface area (Å²) in [6, 6.07) is 10.1. The maximum absolute atomic E-state index is 5.64. The standard InChI is InChI=1S/C13H15BrN4/c1-9-3-2-4-10(7-9)5-6-16-13-17-11(14)8-12(15)18-13/h2-4,7-8H,5-6H2,1H3,(H3,15,16,17,18). The Kier molecular flexibility index (Phi) is 4.15. The number of nitrogens with one attached hydrogen (secondary N) is 1. The SMILES string of the molecule is Cc1cccc(CCNc2nc(N)cc(Br)n2)c1. The summed E-state index contributed by atoms with van der Waals surface area (Å²) < 4.78 is 0.688. The second-order valence-electron chi connectivity index (χ2n) is 4.10. The third kappa shape index (κ3) is 3.70. The summed E-state index contributed by atoms with van der Waals surface area (Å²) in [5, 5.41) is 3.16. The van der Waals surface area contributed by atoms with Crippen LogP contribution in [0.25, 0.3) is 0 Å². The molecule has 1 aromatic carbocycles. The monoisotopic (exact) mass is 306 g/mol. The van der Waals surface area contributed by atoms with Crippen LogP contribution >= 0.6 is 15.9 Å². The number of nitrogen functional groups attached to an aromatic ring is 1. The number of aryl methyl sites for hydroxylation is 1. The van der Waals surface area contributed by atoms with E-state index in [0.29, 0.717) is 16.4 Å². The van der Waals surface area contributed by atoms with Gasteiger partial charge in [0.2, 0.25) is 5.95 Å². The number of aromatic nitrogens is 2. The third-order valence-corrected chi connectivity index (χ3v) is 2.90. The largest absolute Gasteiger partial charge is 0.383 e. The van der Waals surface area contributed by atoms with Crippen LogP contribution in [0.1, 0.15) is 11.1 Å². The smallest absolute Gasteiger partial charge is 0.225 e. The molecule has 0 fully saturated rings. The number of halogens is 1. The summed E-state index contributed by atoms with van der Waals surface area (Å²) in [5.41, 5.74) is 8.21. The first-order valence-corrected chi connectivity index (χ1v) is 6.52. The molecule has 2 aromatic rings. The van der Waals surface area contributed by atoms with E-state index >= 15 is 0 Å². The van der Waals surface area contributed by atoms with Gasteiger partial charge in [-0.25, -0.2) is 4.98 Å². The van der Waals surface area contributed by atoms with Crippen LogP contribution in [-0.2, 0) is 6.42 Å². The lowest BCUT2D eigenvalue weighted by atomic mass is 10.1. The fourth-order valence-corrected chi connectivity index (χ4v) is 2.10. The van der Waals surface area contributed by atoms with E-state index < -0.39 is 0 Å². The minimum absolute atomic E-state index is 0.454. The highest BCUT2D eigenvalue weighted by molar-refractivity contribution is 9.10. The fourth-order valence-electron chi connectivity index (χ4n) is 1.70. The van der Waals surface area contributed by atoms with Crippen LogP contribution in [0.15, 0.2) is 34.9 Å². The van der Waals surface area contributed by atoms with Gasteiger partial charge in [0, 0.05) is 12.6 Å². The highest BCUT2D eigenvalue weighted by Gasteiger charge is 2.00.